The molecule has 0 spiro atoms. The second-order valence-electron chi connectivity index (χ2n) is 3.67. The molecule has 0 saturated heterocycles. The lowest BCUT2D eigenvalue weighted by Crippen LogP contribution is -1.88. The van der Waals surface area contributed by atoms with Gasteiger partial charge in [-0.3, -0.25) is 0 Å². The summed E-state index contributed by atoms with van der Waals surface area (Å²) in [6, 6.07) is 15.2. The van der Waals surface area contributed by atoms with Crippen LogP contribution in [0.3, 0.4) is 0 Å². The monoisotopic (exact) mass is 287 g/mol. The molecule has 0 fully saturated rings. The minimum absolute atomic E-state index is 0.522. The van der Waals surface area contributed by atoms with Crippen LogP contribution in [0.4, 0.5) is 0 Å². The lowest BCUT2D eigenvalue weighted by Gasteiger charge is -2.07. The Morgan fingerprint density at radius 2 is 1.82 bits per heavy atom. The Kier molecular flexibility index (Phi) is 3.46. The molecule has 0 aromatic heterocycles. The predicted molar refractivity (Wildman–Crippen MR) is 70.1 cm³/mol. The van der Waals surface area contributed by atoms with E-state index in [9.17, 15) is 0 Å². The molecular formula is C14H10BrNO. The number of nitrogens with zero attached hydrogens (tertiary/aromatic N) is 1. The van der Waals surface area contributed by atoms with Crippen LogP contribution >= 0.6 is 15.9 Å². The molecule has 0 aliphatic rings. The normalized spacial score (nSPS) is 9.71. The fourth-order valence-electron chi connectivity index (χ4n) is 1.41. The third-order valence-corrected chi connectivity index (χ3v) is 2.81. The van der Waals surface area contributed by atoms with Crippen molar-refractivity contribution >= 4 is 15.9 Å². The quantitative estimate of drug-likeness (QED) is 0.819. The van der Waals surface area contributed by atoms with Crippen LogP contribution in [0.1, 0.15) is 11.1 Å². The van der Waals surface area contributed by atoms with Gasteiger partial charge in [0.1, 0.15) is 17.6 Å². The van der Waals surface area contributed by atoms with Crippen molar-refractivity contribution in [1.29, 1.82) is 5.26 Å². The molecular weight excluding hydrogens is 278 g/mol. The van der Waals surface area contributed by atoms with Gasteiger partial charge in [-0.1, -0.05) is 33.6 Å². The molecule has 3 heteroatoms. The van der Waals surface area contributed by atoms with Crippen LogP contribution < -0.4 is 4.74 Å². The maximum Gasteiger partial charge on any atom is 0.146 e. The molecule has 0 bridgehead atoms. The first kappa shape index (κ1) is 11.7. The highest BCUT2D eigenvalue weighted by molar-refractivity contribution is 9.10. The van der Waals surface area contributed by atoms with Crippen molar-refractivity contribution in [2.45, 2.75) is 6.92 Å². The average molecular weight is 288 g/mol. The highest BCUT2D eigenvalue weighted by Gasteiger charge is 2.05. The minimum atomic E-state index is 0.522. The van der Waals surface area contributed by atoms with E-state index >= 15 is 0 Å². The van der Waals surface area contributed by atoms with E-state index in [0.717, 1.165) is 10.2 Å². The summed E-state index contributed by atoms with van der Waals surface area (Å²) in [5.41, 5.74) is 1.70. The Labute approximate surface area is 109 Å². The second kappa shape index (κ2) is 5.03. The summed E-state index contributed by atoms with van der Waals surface area (Å²) in [4.78, 5) is 0. The fourth-order valence-corrected chi connectivity index (χ4v) is 1.75. The van der Waals surface area contributed by atoms with E-state index < -0.39 is 0 Å². The summed E-state index contributed by atoms with van der Waals surface area (Å²) in [5.74, 6) is 1.29. The molecule has 2 rings (SSSR count). The first-order valence-electron chi connectivity index (χ1n) is 5.13. The van der Waals surface area contributed by atoms with Gasteiger partial charge in [-0.15, -0.1) is 0 Å². The Hall–Kier alpha value is -1.79. The van der Waals surface area contributed by atoms with Crippen molar-refractivity contribution < 1.29 is 4.74 Å². The first-order valence-corrected chi connectivity index (χ1v) is 5.92. The van der Waals surface area contributed by atoms with Crippen molar-refractivity contribution in [3.63, 3.8) is 0 Å². The van der Waals surface area contributed by atoms with Crippen molar-refractivity contribution in [2.75, 3.05) is 0 Å². The Bertz CT molecular complexity index is 570. The molecule has 0 heterocycles. The van der Waals surface area contributed by atoms with Crippen LogP contribution in [-0.4, -0.2) is 0 Å². The van der Waals surface area contributed by atoms with Crippen molar-refractivity contribution in [2.24, 2.45) is 0 Å². The van der Waals surface area contributed by atoms with E-state index in [2.05, 4.69) is 22.0 Å². The number of aryl methyl sites for hydroxylation is 1. The number of hydrogen-bond donors (Lipinski definition) is 0. The lowest BCUT2D eigenvalue weighted by molar-refractivity contribution is 0.480. The van der Waals surface area contributed by atoms with Gasteiger partial charge in [-0.25, -0.2) is 0 Å². The molecule has 17 heavy (non-hydrogen) atoms. The molecule has 2 aromatic carbocycles. The van der Waals surface area contributed by atoms with Gasteiger partial charge in [-0.2, -0.15) is 5.26 Å². The average Bonchev–Trinajstić information content (AvgIpc) is 2.32. The molecule has 0 radical (unpaired) electrons. The molecule has 0 aliphatic carbocycles. The van der Waals surface area contributed by atoms with Gasteiger partial charge in [0.2, 0.25) is 0 Å². The van der Waals surface area contributed by atoms with Crippen LogP contribution in [0.25, 0.3) is 0 Å². The van der Waals surface area contributed by atoms with E-state index in [1.807, 2.05) is 37.3 Å². The van der Waals surface area contributed by atoms with E-state index in [0.29, 0.717) is 11.3 Å². The van der Waals surface area contributed by atoms with Gasteiger partial charge in [0.05, 0.1) is 5.56 Å². The highest BCUT2D eigenvalue weighted by Crippen LogP contribution is 2.28. The standard InChI is InChI=1S/C14H10BrNO/c1-10-2-6-13(7-3-10)17-14-8-12(15)5-4-11(14)9-16/h2-8H,1H3. The maximum atomic E-state index is 8.99. The number of ether oxygens (including phenoxy) is 1. The first-order chi connectivity index (χ1) is 8.19. The number of hydrogen-bond acceptors (Lipinski definition) is 2. The summed E-state index contributed by atoms with van der Waals surface area (Å²) >= 11 is 3.36. The van der Waals surface area contributed by atoms with Crippen LogP contribution in [0.5, 0.6) is 11.5 Å². The van der Waals surface area contributed by atoms with E-state index in [1.54, 1.807) is 12.1 Å². The molecule has 0 saturated carbocycles. The Morgan fingerprint density at radius 1 is 1.12 bits per heavy atom. The van der Waals surface area contributed by atoms with Crippen LogP contribution in [0.15, 0.2) is 46.9 Å². The van der Waals surface area contributed by atoms with Gasteiger partial charge >= 0.3 is 0 Å². The lowest BCUT2D eigenvalue weighted by atomic mass is 10.2. The van der Waals surface area contributed by atoms with Crippen molar-refractivity contribution in [3.05, 3.63) is 58.1 Å². The molecule has 2 nitrogen and oxygen atoms in total. The van der Waals surface area contributed by atoms with Gasteiger partial charge < -0.3 is 4.74 Å². The van der Waals surface area contributed by atoms with Crippen LogP contribution in [0, 0.1) is 18.3 Å². The molecule has 84 valence electrons. The van der Waals surface area contributed by atoms with E-state index in [-0.39, 0.29) is 0 Å². The zero-order valence-electron chi connectivity index (χ0n) is 9.27. The summed E-state index contributed by atoms with van der Waals surface area (Å²) in [5, 5.41) is 8.99. The highest BCUT2D eigenvalue weighted by atomic mass is 79.9. The number of benzene rings is 2. The SMILES string of the molecule is Cc1ccc(Oc2cc(Br)ccc2C#N)cc1. The van der Waals surface area contributed by atoms with Gasteiger partial charge in [0.15, 0.2) is 0 Å². The fraction of sp³-hybridized carbons (Fsp3) is 0.0714. The largest absolute Gasteiger partial charge is 0.456 e. The Morgan fingerprint density at radius 3 is 2.47 bits per heavy atom. The van der Waals surface area contributed by atoms with Crippen LogP contribution in [-0.2, 0) is 0 Å². The molecule has 2 aromatic rings. The van der Waals surface area contributed by atoms with E-state index in [4.69, 9.17) is 10.00 Å². The maximum absolute atomic E-state index is 8.99. The third-order valence-electron chi connectivity index (χ3n) is 2.31. The Balaban J connectivity index is 2.32. The smallest absolute Gasteiger partial charge is 0.146 e. The van der Waals surface area contributed by atoms with Gasteiger partial charge in [-0.05, 0) is 37.3 Å². The molecule has 0 atom stereocenters. The second-order valence-corrected chi connectivity index (χ2v) is 4.58. The predicted octanol–water partition coefficient (Wildman–Crippen LogP) is 4.42. The summed E-state index contributed by atoms with van der Waals surface area (Å²) in [7, 11) is 0. The third kappa shape index (κ3) is 2.86. The van der Waals surface area contributed by atoms with Crippen molar-refractivity contribution in [3.8, 4) is 17.6 Å². The van der Waals surface area contributed by atoms with Gasteiger partial charge in [0.25, 0.3) is 0 Å². The molecule has 0 unspecified atom stereocenters. The molecule has 0 N–H and O–H groups in total. The molecule has 0 aliphatic heterocycles. The zero-order chi connectivity index (χ0) is 12.3. The van der Waals surface area contributed by atoms with Crippen molar-refractivity contribution in [1.82, 2.24) is 0 Å². The molecule has 0 amide bonds. The van der Waals surface area contributed by atoms with Crippen LogP contribution in [0.2, 0.25) is 0 Å². The number of rotatable bonds is 2. The minimum Gasteiger partial charge on any atom is -0.456 e. The van der Waals surface area contributed by atoms with Gasteiger partial charge in [0, 0.05) is 4.47 Å². The zero-order valence-corrected chi connectivity index (χ0v) is 10.9. The topological polar surface area (TPSA) is 33.0 Å². The van der Waals surface area contributed by atoms with E-state index in [1.165, 1.54) is 5.56 Å². The number of nitriles is 1. The summed E-state index contributed by atoms with van der Waals surface area (Å²) in [6.07, 6.45) is 0. The summed E-state index contributed by atoms with van der Waals surface area (Å²) in [6.45, 7) is 2.02. The number of halogens is 1. The summed E-state index contributed by atoms with van der Waals surface area (Å²) < 4.78 is 6.57.